The summed E-state index contributed by atoms with van der Waals surface area (Å²) in [7, 11) is 1.91. The van der Waals surface area contributed by atoms with Crippen molar-refractivity contribution in [2.24, 2.45) is 0 Å². The Balaban J connectivity index is 2.12. The van der Waals surface area contributed by atoms with Gasteiger partial charge in [0.1, 0.15) is 11.6 Å². The van der Waals surface area contributed by atoms with Crippen LogP contribution in [0.25, 0.3) is 11.3 Å². The minimum atomic E-state index is 0.546. The number of pyridine rings is 1. The van der Waals surface area contributed by atoms with Gasteiger partial charge in [0.15, 0.2) is 0 Å². The van der Waals surface area contributed by atoms with Gasteiger partial charge in [-0.2, -0.15) is 0 Å². The summed E-state index contributed by atoms with van der Waals surface area (Å²) >= 11 is 0. The van der Waals surface area contributed by atoms with E-state index < -0.39 is 0 Å². The van der Waals surface area contributed by atoms with Crippen molar-refractivity contribution in [3.05, 3.63) is 35.4 Å². The first kappa shape index (κ1) is 12.1. The standard InChI is InChI=1S/C15H18N4/c1-9-4-5-12(8-17-9)13-10(2)14(16-3)19-15(18-13)11-6-7-11/h4-5,8,11H,6-7H2,1-3H3,(H,16,18,19). The fourth-order valence-corrected chi connectivity index (χ4v) is 2.19. The third kappa shape index (κ3) is 2.30. The molecule has 0 atom stereocenters. The van der Waals surface area contributed by atoms with E-state index in [1.807, 2.05) is 26.2 Å². The number of aryl methyl sites for hydroxylation is 1. The average Bonchev–Trinajstić information content (AvgIpc) is 3.25. The third-order valence-electron chi connectivity index (χ3n) is 3.53. The highest BCUT2D eigenvalue weighted by atomic mass is 15.0. The van der Waals surface area contributed by atoms with Crippen LogP contribution in [0.5, 0.6) is 0 Å². The molecule has 0 spiro atoms. The first-order valence-electron chi connectivity index (χ1n) is 6.68. The summed E-state index contributed by atoms with van der Waals surface area (Å²) < 4.78 is 0. The molecule has 0 radical (unpaired) electrons. The summed E-state index contributed by atoms with van der Waals surface area (Å²) in [6, 6.07) is 4.10. The molecule has 0 saturated heterocycles. The van der Waals surface area contributed by atoms with Gasteiger partial charge in [-0.1, -0.05) is 0 Å². The van der Waals surface area contributed by atoms with Gasteiger partial charge in [0.05, 0.1) is 5.69 Å². The smallest absolute Gasteiger partial charge is 0.134 e. The Morgan fingerprint density at radius 3 is 2.53 bits per heavy atom. The van der Waals surface area contributed by atoms with Crippen LogP contribution < -0.4 is 5.32 Å². The molecule has 1 saturated carbocycles. The van der Waals surface area contributed by atoms with Gasteiger partial charge in [0.25, 0.3) is 0 Å². The SMILES string of the molecule is CNc1nc(C2CC2)nc(-c2ccc(C)nc2)c1C. The van der Waals surface area contributed by atoms with Crippen molar-refractivity contribution >= 4 is 5.82 Å². The lowest BCUT2D eigenvalue weighted by molar-refractivity contribution is 0.923. The van der Waals surface area contributed by atoms with Crippen molar-refractivity contribution in [3.8, 4) is 11.3 Å². The zero-order valence-corrected chi connectivity index (χ0v) is 11.6. The molecule has 1 N–H and O–H groups in total. The number of aromatic nitrogens is 3. The number of nitrogens with one attached hydrogen (secondary N) is 1. The summed E-state index contributed by atoms with van der Waals surface area (Å²) in [5.41, 5.74) is 4.15. The summed E-state index contributed by atoms with van der Waals surface area (Å²) in [5, 5.41) is 3.17. The molecule has 2 aromatic rings. The number of hydrogen-bond acceptors (Lipinski definition) is 4. The zero-order valence-electron chi connectivity index (χ0n) is 11.6. The van der Waals surface area contributed by atoms with Crippen LogP contribution in [0.15, 0.2) is 18.3 Å². The van der Waals surface area contributed by atoms with Gasteiger partial charge in [-0.15, -0.1) is 0 Å². The maximum atomic E-state index is 4.75. The topological polar surface area (TPSA) is 50.7 Å². The average molecular weight is 254 g/mol. The van der Waals surface area contributed by atoms with Crippen LogP contribution in [0.4, 0.5) is 5.82 Å². The second-order valence-corrected chi connectivity index (χ2v) is 5.12. The van der Waals surface area contributed by atoms with E-state index in [0.29, 0.717) is 5.92 Å². The number of nitrogens with zero attached hydrogens (tertiary/aromatic N) is 3. The number of rotatable bonds is 3. The van der Waals surface area contributed by atoms with E-state index >= 15 is 0 Å². The molecule has 0 unspecified atom stereocenters. The highest BCUT2D eigenvalue weighted by Gasteiger charge is 2.28. The van der Waals surface area contributed by atoms with Gasteiger partial charge < -0.3 is 5.32 Å². The maximum absolute atomic E-state index is 4.75. The lowest BCUT2D eigenvalue weighted by Gasteiger charge is -2.12. The first-order valence-corrected chi connectivity index (χ1v) is 6.68. The molecule has 0 bridgehead atoms. The molecule has 3 rings (SSSR count). The third-order valence-corrected chi connectivity index (χ3v) is 3.53. The molecule has 98 valence electrons. The summed E-state index contributed by atoms with van der Waals surface area (Å²) in [4.78, 5) is 13.7. The molecule has 1 fully saturated rings. The molecule has 0 aromatic carbocycles. The number of hydrogen-bond donors (Lipinski definition) is 1. The predicted octanol–water partition coefficient (Wildman–Crippen LogP) is 3.07. The Morgan fingerprint density at radius 2 is 1.95 bits per heavy atom. The Hall–Kier alpha value is -1.97. The molecule has 0 amide bonds. The summed E-state index contributed by atoms with van der Waals surface area (Å²) in [6.07, 6.45) is 4.30. The molecule has 2 heterocycles. The fraction of sp³-hybridized carbons (Fsp3) is 0.400. The van der Waals surface area contributed by atoms with Crippen LogP contribution in [0.1, 0.15) is 35.8 Å². The summed E-state index contributed by atoms with van der Waals surface area (Å²) in [6.45, 7) is 4.04. The van der Waals surface area contributed by atoms with Crippen LogP contribution in [0.3, 0.4) is 0 Å². The first-order chi connectivity index (χ1) is 9.19. The van der Waals surface area contributed by atoms with Crippen LogP contribution in [-0.4, -0.2) is 22.0 Å². The lowest BCUT2D eigenvalue weighted by atomic mass is 10.1. The normalized spacial score (nSPS) is 14.5. The minimum absolute atomic E-state index is 0.546. The Kier molecular flexibility index (Phi) is 2.93. The zero-order chi connectivity index (χ0) is 13.4. The van der Waals surface area contributed by atoms with E-state index in [9.17, 15) is 0 Å². The highest BCUT2D eigenvalue weighted by molar-refractivity contribution is 5.67. The van der Waals surface area contributed by atoms with Crippen LogP contribution in [0.2, 0.25) is 0 Å². The molecule has 1 aliphatic carbocycles. The van der Waals surface area contributed by atoms with E-state index in [0.717, 1.165) is 34.2 Å². The number of anilines is 1. The molecule has 19 heavy (non-hydrogen) atoms. The van der Waals surface area contributed by atoms with Crippen molar-refractivity contribution in [1.29, 1.82) is 0 Å². The van der Waals surface area contributed by atoms with Crippen LogP contribution >= 0.6 is 0 Å². The molecule has 4 heteroatoms. The van der Waals surface area contributed by atoms with E-state index in [-0.39, 0.29) is 0 Å². The second kappa shape index (κ2) is 4.61. The van der Waals surface area contributed by atoms with Gasteiger partial charge in [-0.25, -0.2) is 9.97 Å². The maximum Gasteiger partial charge on any atom is 0.134 e. The Labute approximate surface area is 113 Å². The van der Waals surface area contributed by atoms with E-state index in [2.05, 4.69) is 28.3 Å². The predicted molar refractivity (Wildman–Crippen MR) is 76.3 cm³/mol. The second-order valence-electron chi connectivity index (χ2n) is 5.12. The van der Waals surface area contributed by atoms with Gasteiger partial charge in [0, 0.05) is 36.0 Å². The molecular formula is C15H18N4. The summed E-state index contributed by atoms with van der Waals surface area (Å²) in [5.74, 6) is 2.43. The largest absolute Gasteiger partial charge is 0.373 e. The van der Waals surface area contributed by atoms with E-state index in [1.54, 1.807) is 0 Å². The molecule has 0 aliphatic heterocycles. The van der Waals surface area contributed by atoms with Crippen molar-refractivity contribution < 1.29 is 0 Å². The van der Waals surface area contributed by atoms with Gasteiger partial charge >= 0.3 is 0 Å². The van der Waals surface area contributed by atoms with Crippen molar-refractivity contribution in [2.45, 2.75) is 32.6 Å². The van der Waals surface area contributed by atoms with Gasteiger partial charge in [-0.05, 0) is 38.8 Å². The Bertz CT molecular complexity index is 600. The van der Waals surface area contributed by atoms with Crippen LogP contribution in [-0.2, 0) is 0 Å². The minimum Gasteiger partial charge on any atom is -0.373 e. The van der Waals surface area contributed by atoms with Gasteiger partial charge in [-0.3, -0.25) is 4.98 Å². The molecule has 1 aliphatic rings. The fourth-order valence-electron chi connectivity index (χ4n) is 2.19. The Morgan fingerprint density at radius 1 is 1.16 bits per heavy atom. The monoisotopic (exact) mass is 254 g/mol. The van der Waals surface area contributed by atoms with Crippen LogP contribution in [0, 0.1) is 13.8 Å². The van der Waals surface area contributed by atoms with Crippen molar-refractivity contribution in [2.75, 3.05) is 12.4 Å². The quantitative estimate of drug-likeness (QED) is 0.914. The molecular weight excluding hydrogens is 236 g/mol. The molecule has 4 nitrogen and oxygen atoms in total. The van der Waals surface area contributed by atoms with E-state index in [1.165, 1.54) is 12.8 Å². The van der Waals surface area contributed by atoms with Crippen molar-refractivity contribution in [3.63, 3.8) is 0 Å². The van der Waals surface area contributed by atoms with Crippen molar-refractivity contribution in [1.82, 2.24) is 15.0 Å². The van der Waals surface area contributed by atoms with Gasteiger partial charge in [0.2, 0.25) is 0 Å². The highest BCUT2D eigenvalue weighted by Crippen LogP contribution is 2.40. The molecule has 2 aromatic heterocycles. The van der Waals surface area contributed by atoms with E-state index in [4.69, 9.17) is 4.98 Å². The lowest BCUT2D eigenvalue weighted by Crippen LogP contribution is -2.04.